The zero-order valence-electron chi connectivity index (χ0n) is 10.3. The van der Waals surface area contributed by atoms with Crippen LogP contribution in [0, 0.1) is 0 Å². The minimum absolute atomic E-state index is 0.0297. The minimum atomic E-state index is -0.245. The molecule has 1 aromatic rings. The molecule has 0 saturated carbocycles. The molecule has 1 amide bonds. The van der Waals surface area contributed by atoms with Crippen LogP contribution in [-0.2, 0) is 9.53 Å². The predicted octanol–water partition coefficient (Wildman–Crippen LogP) is 1.13. The van der Waals surface area contributed by atoms with Gasteiger partial charge < -0.3 is 25.3 Å². The van der Waals surface area contributed by atoms with E-state index in [1.54, 1.807) is 12.1 Å². The van der Waals surface area contributed by atoms with Crippen LogP contribution >= 0.6 is 15.9 Å². The molecule has 0 fully saturated rings. The Morgan fingerprint density at radius 3 is 2.74 bits per heavy atom. The summed E-state index contributed by atoms with van der Waals surface area (Å²) >= 11 is 3.37. The summed E-state index contributed by atoms with van der Waals surface area (Å²) in [4.78, 5) is 11.6. The fourth-order valence-electron chi connectivity index (χ4n) is 1.59. The number of nitrogens with one attached hydrogen (secondary N) is 1. The van der Waals surface area contributed by atoms with Crippen LogP contribution in [0.15, 0.2) is 16.6 Å². The molecule has 0 radical (unpaired) electrons. The van der Waals surface area contributed by atoms with Crippen LogP contribution in [0.5, 0.6) is 11.5 Å². The van der Waals surface area contributed by atoms with Gasteiger partial charge in [0.1, 0.15) is 19.8 Å². The molecule has 1 aliphatic heterocycles. The van der Waals surface area contributed by atoms with Crippen molar-refractivity contribution >= 4 is 27.5 Å². The summed E-state index contributed by atoms with van der Waals surface area (Å²) in [5.74, 6) is 1.04. The quantitative estimate of drug-likeness (QED) is 0.791. The second-order valence-electron chi connectivity index (χ2n) is 3.87. The highest BCUT2D eigenvalue weighted by Gasteiger charge is 2.16. The third kappa shape index (κ3) is 3.82. The molecule has 0 spiro atoms. The Balaban J connectivity index is 2.01. The van der Waals surface area contributed by atoms with Gasteiger partial charge in [-0.25, -0.2) is 0 Å². The van der Waals surface area contributed by atoms with Crippen molar-refractivity contribution in [3.63, 3.8) is 0 Å². The predicted molar refractivity (Wildman–Crippen MR) is 73.6 cm³/mol. The zero-order valence-corrected chi connectivity index (χ0v) is 11.9. The Kier molecular flexibility index (Phi) is 5.00. The molecule has 0 unspecified atom stereocenters. The smallest absolute Gasteiger partial charge is 0.250 e. The molecule has 7 heteroatoms. The van der Waals surface area contributed by atoms with Crippen molar-refractivity contribution in [1.29, 1.82) is 0 Å². The first-order valence-corrected chi connectivity index (χ1v) is 6.67. The van der Waals surface area contributed by atoms with Gasteiger partial charge in [-0.2, -0.15) is 0 Å². The average Bonchev–Trinajstić information content (AvgIpc) is 2.40. The maximum Gasteiger partial charge on any atom is 0.250 e. The molecular weight excluding hydrogens is 316 g/mol. The van der Waals surface area contributed by atoms with Gasteiger partial charge >= 0.3 is 0 Å². The number of hydrogen-bond acceptors (Lipinski definition) is 5. The first-order valence-electron chi connectivity index (χ1n) is 5.87. The topological polar surface area (TPSA) is 82.8 Å². The second-order valence-corrected chi connectivity index (χ2v) is 4.72. The van der Waals surface area contributed by atoms with E-state index in [-0.39, 0.29) is 12.5 Å². The molecule has 0 atom stereocenters. The third-order valence-electron chi connectivity index (χ3n) is 2.40. The van der Waals surface area contributed by atoms with Crippen molar-refractivity contribution in [2.45, 2.75) is 0 Å². The molecule has 19 heavy (non-hydrogen) atoms. The van der Waals surface area contributed by atoms with E-state index in [1.165, 1.54) is 0 Å². The number of halogens is 1. The largest absolute Gasteiger partial charge is 0.486 e. The van der Waals surface area contributed by atoms with Gasteiger partial charge in [-0.15, -0.1) is 0 Å². The summed E-state index contributed by atoms with van der Waals surface area (Å²) in [6.45, 7) is 1.74. The molecule has 3 N–H and O–H groups in total. The van der Waals surface area contributed by atoms with Gasteiger partial charge in [-0.3, -0.25) is 4.79 Å². The zero-order chi connectivity index (χ0) is 13.7. The van der Waals surface area contributed by atoms with Crippen LogP contribution in [0.2, 0.25) is 0 Å². The highest BCUT2D eigenvalue weighted by Crippen LogP contribution is 2.38. The fourth-order valence-corrected chi connectivity index (χ4v) is 2.02. The fraction of sp³-hybridized carbons (Fsp3) is 0.417. The summed E-state index contributed by atoms with van der Waals surface area (Å²) in [7, 11) is 0. The number of fused-ring (bicyclic) bond motifs is 1. The lowest BCUT2D eigenvalue weighted by molar-refractivity contribution is -0.120. The Bertz CT molecular complexity index is 467. The van der Waals surface area contributed by atoms with Crippen molar-refractivity contribution in [3.05, 3.63) is 16.6 Å². The maximum atomic E-state index is 11.6. The van der Waals surface area contributed by atoms with Crippen molar-refractivity contribution in [2.75, 3.05) is 38.3 Å². The van der Waals surface area contributed by atoms with Crippen LogP contribution in [-0.4, -0.2) is 38.9 Å². The maximum absolute atomic E-state index is 11.6. The first kappa shape index (κ1) is 14.1. The summed E-state index contributed by atoms with van der Waals surface area (Å²) in [6.07, 6.45) is 0. The number of ether oxygens (including phenoxy) is 3. The summed E-state index contributed by atoms with van der Waals surface area (Å²) < 4.78 is 16.7. The molecule has 0 saturated heterocycles. The molecule has 2 rings (SSSR count). The number of amides is 1. The molecule has 1 aromatic carbocycles. The van der Waals surface area contributed by atoms with Crippen molar-refractivity contribution in [3.8, 4) is 11.5 Å². The molecule has 0 aromatic heterocycles. The SMILES string of the molecule is NCCOCC(=O)Nc1cc2c(cc1Br)OCCO2. The number of rotatable bonds is 5. The van der Waals surface area contributed by atoms with E-state index in [4.69, 9.17) is 19.9 Å². The van der Waals surface area contributed by atoms with Crippen LogP contribution < -0.4 is 20.5 Å². The standard InChI is InChI=1S/C12H15BrN2O4/c13-8-5-10-11(19-4-3-18-10)6-9(8)15-12(16)7-17-2-1-14/h5-6H,1-4,7,14H2,(H,15,16). The van der Waals surface area contributed by atoms with Gasteiger partial charge in [-0.05, 0) is 15.9 Å². The van der Waals surface area contributed by atoms with E-state index < -0.39 is 0 Å². The van der Waals surface area contributed by atoms with Crippen LogP contribution in [0.3, 0.4) is 0 Å². The van der Waals surface area contributed by atoms with Crippen molar-refractivity contribution in [2.24, 2.45) is 5.73 Å². The van der Waals surface area contributed by atoms with Crippen LogP contribution in [0.4, 0.5) is 5.69 Å². The number of nitrogens with two attached hydrogens (primary N) is 1. The van der Waals surface area contributed by atoms with Crippen molar-refractivity contribution in [1.82, 2.24) is 0 Å². The number of anilines is 1. The number of hydrogen-bond donors (Lipinski definition) is 2. The van der Waals surface area contributed by atoms with Gasteiger partial charge in [0, 0.05) is 23.2 Å². The summed E-state index contributed by atoms with van der Waals surface area (Å²) in [5.41, 5.74) is 5.89. The lowest BCUT2D eigenvalue weighted by atomic mass is 10.2. The lowest BCUT2D eigenvalue weighted by Gasteiger charge is -2.20. The van der Waals surface area contributed by atoms with Gasteiger partial charge in [0.15, 0.2) is 11.5 Å². The molecular formula is C12H15BrN2O4. The number of carbonyl (C=O) groups excluding carboxylic acids is 1. The highest BCUT2D eigenvalue weighted by atomic mass is 79.9. The van der Waals surface area contributed by atoms with Gasteiger partial charge in [0.2, 0.25) is 5.91 Å². The van der Waals surface area contributed by atoms with E-state index in [9.17, 15) is 4.79 Å². The molecule has 0 bridgehead atoms. The molecule has 1 aliphatic rings. The second kappa shape index (κ2) is 6.74. The number of carbonyl (C=O) groups is 1. The van der Waals surface area contributed by atoms with E-state index >= 15 is 0 Å². The van der Waals surface area contributed by atoms with E-state index in [1.807, 2.05) is 0 Å². The molecule has 104 valence electrons. The molecule has 1 heterocycles. The van der Waals surface area contributed by atoms with Gasteiger partial charge in [0.25, 0.3) is 0 Å². The van der Waals surface area contributed by atoms with Gasteiger partial charge in [0.05, 0.1) is 12.3 Å². The molecule has 6 nitrogen and oxygen atoms in total. The van der Waals surface area contributed by atoms with E-state index in [2.05, 4.69) is 21.2 Å². The number of benzene rings is 1. The van der Waals surface area contributed by atoms with Gasteiger partial charge in [-0.1, -0.05) is 0 Å². The third-order valence-corrected chi connectivity index (χ3v) is 3.06. The van der Waals surface area contributed by atoms with E-state index in [0.717, 1.165) is 4.47 Å². The Labute approximate surface area is 119 Å². The normalized spacial score (nSPS) is 13.2. The average molecular weight is 331 g/mol. The first-order chi connectivity index (χ1) is 9.20. The van der Waals surface area contributed by atoms with Crippen LogP contribution in [0.1, 0.15) is 0 Å². The van der Waals surface area contributed by atoms with Crippen molar-refractivity contribution < 1.29 is 19.0 Å². The van der Waals surface area contributed by atoms with E-state index in [0.29, 0.717) is 43.6 Å². The van der Waals surface area contributed by atoms with Crippen LogP contribution in [0.25, 0.3) is 0 Å². The Hall–Kier alpha value is -1.31. The summed E-state index contributed by atoms with van der Waals surface area (Å²) in [5, 5.41) is 2.73. The minimum Gasteiger partial charge on any atom is -0.486 e. The summed E-state index contributed by atoms with van der Waals surface area (Å²) in [6, 6.07) is 3.49. The molecule has 0 aliphatic carbocycles. The highest BCUT2D eigenvalue weighted by molar-refractivity contribution is 9.10. The lowest BCUT2D eigenvalue weighted by Crippen LogP contribution is -2.21. The Morgan fingerprint density at radius 1 is 1.37 bits per heavy atom. The Morgan fingerprint density at radius 2 is 2.05 bits per heavy atom. The monoisotopic (exact) mass is 330 g/mol.